The highest BCUT2D eigenvalue weighted by Crippen LogP contribution is 2.14. The van der Waals surface area contributed by atoms with Gasteiger partial charge in [0.2, 0.25) is 0 Å². The molecule has 19 heavy (non-hydrogen) atoms. The first kappa shape index (κ1) is 15.3. The minimum absolute atomic E-state index is 0.0786. The van der Waals surface area contributed by atoms with Crippen LogP contribution in [0.3, 0.4) is 0 Å². The number of aliphatic carboxylic acids is 1. The fourth-order valence-corrected chi connectivity index (χ4v) is 1.62. The van der Waals surface area contributed by atoms with E-state index in [0.717, 1.165) is 0 Å². The van der Waals surface area contributed by atoms with E-state index < -0.39 is 17.9 Å². The van der Waals surface area contributed by atoms with E-state index in [1.807, 2.05) is 0 Å². The van der Waals surface area contributed by atoms with Crippen LogP contribution in [-0.2, 0) is 4.79 Å². The van der Waals surface area contributed by atoms with E-state index in [-0.39, 0.29) is 19.6 Å². The predicted molar refractivity (Wildman–Crippen MR) is 71.3 cm³/mol. The summed E-state index contributed by atoms with van der Waals surface area (Å²) in [5.74, 6) is -1.53. The summed E-state index contributed by atoms with van der Waals surface area (Å²) in [6.07, 6.45) is -0.200. The molecule has 0 saturated heterocycles. The number of benzene rings is 1. The van der Waals surface area contributed by atoms with Crippen molar-refractivity contribution in [2.75, 3.05) is 18.5 Å². The predicted octanol–water partition coefficient (Wildman–Crippen LogP) is 1.54. The lowest BCUT2D eigenvalue weighted by Gasteiger charge is -2.13. The quantitative estimate of drug-likeness (QED) is 0.637. The molecule has 0 fully saturated rings. The van der Waals surface area contributed by atoms with Gasteiger partial charge in [0.1, 0.15) is 0 Å². The van der Waals surface area contributed by atoms with Crippen LogP contribution in [0.25, 0.3) is 0 Å². The van der Waals surface area contributed by atoms with Crippen molar-refractivity contribution in [2.45, 2.75) is 6.42 Å². The number of amides is 2. The first-order valence-electron chi connectivity index (χ1n) is 5.64. The number of rotatable bonds is 6. The van der Waals surface area contributed by atoms with Crippen molar-refractivity contribution in [1.29, 1.82) is 0 Å². The molecule has 1 aromatic rings. The van der Waals surface area contributed by atoms with Crippen LogP contribution >= 0.6 is 11.6 Å². The number of carbonyl (C=O) groups excluding carboxylic acids is 1. The molecule has 0 saturated carbocycles. The lowest BCUT2D eigenvalue weighted by Crippen LogP contribution is -2.35. The minimum atomic E-state index is -1.02. The molecule has 1 aromatic carbocycles. The van der Waals surface area contributed by atoms with Crippen molar-refractivity contribution in [1.82, 2.24) is 5.32 Å². The van der Waals surface area contributed by atoms with E-state index in [0.29, 0.717) is 10.7 Å². The lowest BCUT2D eigenvalue weighted by atomic mass is 10.1. The van der Waals surface area contributed by atoms with Gasteiger partial charge in [-0.1, -0.05) is 17.7 Å². The molecule has 0 aliphatic rings. The number of carboxylic acids is 1. The van der Waals surface area contributed by atoms with Crippen LogP contribution in [0.15, 0.2) is 24.3 Å². The molecule has 0 aromatic heterocycles. The molecule has 1 rings (SSSR count). The Kier molecular flexibility index (Phi) is 6.11. The van der Waals surface area contributed by atoms with Crippen molar-refractivity contribution in [2.24, 2.45) is 5.92 Å². The zero-order valence-corrected chi connectivity index (χ0v) is 10.9. The second-order valence-corrected chi connectivity index (χ2v) is 4.43. The molecule has 1 unspecified atom stereocenters. The van der Waals surface area contributed by atoms with E-state index in [2.05, 4.69) is 10.6 Å². The Bertz CT molecular complexity index is 453. The fourth-order valence-electron chi connectivity index (χ4n) is 1.43. The third kappa shape index (κ3) is 6.08. The minimum Gasteiger partial charge on any atom is -0.481 e. The topological polar surface area (TPSA) is 98.7 Å². The van der Waals surface area contributed by atoms with Crippen LogP contribution in [0, 0.1) is 5.92 Å². The zero-order chi connectivity index (χ0) is 14.3. The molecule has 0 spiro atoms. The molecule has 0 heterocycles. The van der Waals surface area contributed by atoms with E-state index in [4.69, 9.17) is 21.8 Å². The molecule has 6 nitrogen and oxygen atoms in total. The van der Waals surface area contributed by atoms with Crippen LogP contribution in [0.5, 0.6) is 0 Å². The number of carbonyl (C=O) groups is 2. The number of aliphatic hydroxyl groups is 1. The Morgan fingerprint density at radius 3 is 2.68 bits per heavy atom. The lowest BCUT2D eigenvalue weighted by molar-refractivity contribution is -0.138. The Morgan fingerprint density at radius 1 is 1.37 bits per heavy atom. The van der Waals surface area contributed by atoms with Gasteiger partial charge in [-0.3, -0.25) is 4.79 Å². The maximum Gasteiger partial charge on any atom is 0.319 e. The Balaban J connectivity index is 2.40. The van der Waals surface area contributed by atoms with Crippen molar-refractivity contribution in [3.05, 3.63) is 29.3 Å². The van der Waals surface area contributed by atoms with Gasteiger partial charge in [-0.15, -0.1) is 0 Å². The number of carboxylic acid groups (broad SMARTS) is 1. The molecule has 4 N–H and O–H groups in total. The summed E-state index contributed by atoms with van der Waals surface area (Å²) in [5, 5.41) is 23.1. The monoisotopic (exact) mass is 286 g/mol. The largest absolute Gasteiger partial charge is 0.481 e. The SMILES string of the molecule is O=C(O)CC(CO)CNC(=O)Nc1cccc(Cl)c1. The molecule has 7 heteroatoms. The number of aliphatic hydroxyl groups excluding tert-OH is 1. The van der Waals surface area contributed by atoms with E-state index in [1.165, 1.54) is 0 Å². The number of hydrogen-bond donors (Lipinski definition) is 4. The molecule has 1 atom stereocenters. The summed E-state index contributed by atoms with van der Waals surface area (Å²) >= 11 is 5.77. The Hall–Kier alpha value is -1.79. The smallest absolute Gasteiger partial charge is 0.319 e. The van der Waals surface area contributed by atoms with Gasteiger partial charge in [0.25, 0.3) is 0 Å². The van der Waals surface area contributed by atoms with Gasteiger partial charge >= 0.3 is 12.0 Å². The maximum absolute atomic E-state index is 11.5. The molecule has 2 amide bonds. The number of anilines is 1. The van der Waals surface area contributed by atoms with Crippen LogP contribution in [0.2, 0.25) is 5.02 Å². The Labute approximate surface area is 115 Å². The average molecular weight is 287 g/mol. The van der Waals surface area contributed by atoms with Gasteiger partial charge in [0, 0.05) is 29.8 Å². The third-order valence-electron chi connectivity index (χ3n) is 2.36. The van der Waals surface area contributed by atoms with Crippen LogP contribution in [0.4, 0.5) is 10.5 Å². The van der Waals surface area contributed by atoms with Crippen molar-refractivity contribution < 1.29 is 19.8 Å². The van der Waals surface area contributed by atoms with Crippen LogP contribution in [0.1, 0.15) is 6.42 Å². The summed E-state index contributed by atoms with van der Waals surface area (Å²) in [6.45, 7) is -0.223. The normalized spacial score (nSPS) is 11.7. The van der Waals surface area contributed by atoms with Gasteiger partial charge in [-0.2, -0.15) is 0 Å². The number of halogens is 1. The molecule has 0 bridgehead atoms. The molecule has 0 radical (unpaired) electrons. The number of urea groups is 1. The summed E-state index contributed by atoms with van der Waals surface area (Å²) < 4.78 is 0. The van der Waals surface area contributed by atoms with E-state index in [9.17, 15) is 9.59 Å². The Morgan fingerprint density at radius 2 is 2.11 bits per heavy atom. The summed E-state index contributed by atoms with van der Waals surface area (Å²) in [7, 11) is 0. The van der Waals surface area contributed by atoms with Crippen LogP contribution in [-0.4, -0.2) is 35.4 Å². The van der Waals surface area contributed by atoms with Crippen molar-refractivity contribution in [3.8, 4) is 0 Å². The zero-order valence-electron chi connectivity index (χ0n) is 10.1. The molecule has 0 aliphatic carbocycles. The molecular formula is C12H15ClN2O4. The first-order chi connectivity index (χ1) is 9.01. The summed E-state index contributed by atoms with van der Waals surface area (Å²) in [5.41, 5.74) is 0.531. The summed E-state index contributed by atoms with van der Waals surface area (Å²) in [4.78, 5) is 22.0. The van der Waals surface area contributed by atoms with E-state index in [1.54, 1.807) is 24.3 Å². The highest BCUT2D eigenvalue weighted by molar-refractivity contribution is 6.30. The highest BCUT2D eigenvalue weighted by atomic mass is 35.5. The number of hydrogen-bond acceptors (Lipinski definition) is 3. The van der Waals surface area contributed by atoms with E-state index >= 15 is 0 Å². The molecular weight excluding hydrogens is 272 g/mol. The maximum atomic E-state index is 11.5. The van der Waals surface area contributed by atoms with Gasteiger partial charge in [-0.25, -0.2) is 4.79 Å². The highest BCUT2D eigenvalue weighted by Gasteiger charge is 2.13. The van der Waals surface area contributed by atoms with Crippen molar-refractivity contribution >= 4 is 29.3 Å². The van der Waals surface area contributed by atoms with Crippen LogP contribution < -0.4 is 10.6 Å². The number of nitrogens with one attached hydrogen (secondary N) is 2. The van der Waals surface area contributed by atoms with Gasteiger partial charge in [-0.05, 0) is 18.2 Å². The van der Waals surface area contributed by atoms with Gasteiger partial charge in [0.15, 0.2) is 0 Å². The standard InChI is InChI=1S/C12H15ClN2O4/c13-9-2-1-3-10(5-9)15-12(19)14-6-8(7-16)4-11(17)18/h1-3,5,8,16H,4,6-7H2,(H,17,18)(H2,14,15,19). The van der Waals surface area contributed by atoms with Gasteiger partial charge in [0.05, 0.1) is 6.42 Å². The summed E-state index contributed by atoms with van der Waals surface area (Å²) in [6, 6.07) is 6.15. The first-order valence-corrected chi connectivity index (χ1v) is 6.02. The van der Waals surface area contributed by atoms with Crippen molar-refractivity contribution in [3.63, 3.8) is 0 Å². The second kappa shape index (κ2) is 7.60. The second-order valence-electron chi connectivity index (χ2n) is 3.99. The third-order valence-corrected chi connectivity index (χ3v) is 2.59. The molecule has 104 valence electrons. The van der Waals surface area contributed by atoms with Gasteiger partial charge < -0.3 is 20.8 Å². The average Bonchev–Trinajstić information content (AvgIpc) is 2.34. The molecule has 0 aliphatic heterocycles. The fraction of sp³-hybridized carbons (Fsp3) is 0.333.